The minimum absolute atomic E-state index is 0.00711. The molecule has 0 unspecified atom stereocenters. The summed E-state index contributed by atoms with van der Waals surface area (Å²) in [4.78, 5) is 16.5. The number of nitrogen functional groups attached to an aromatic ring is 1. The second-order valence-electron chi connectivity index (χ2n) is 5.23. The van der Waals surface area contributed by atoms with Crippen LogP contribution in [0.4, 0.5) is 5.82 Å². The van der Waals surface area contributed by atoms with Crippen LogP contribution in [0.5, 0.6) is 0 Å². The number of aromatic nitrogens is 2. The lowest BCUT2D eigenvalue weighted by Crippen LogP contribution is -2.49. The average molecular weight is 249 g/mol. The maximum Gasteiger partial charge on any atom is 0.259 e. The third-order valence-corrected chi connectivity index (χ3v) is 3.77. The zero-order valence-electron chi connectivity index (χ0n) is 10.4. The lowest BCUT2D eigenvalue weighted by molar-refractivity contribution is 0.0633. The molecule has 2 aliphatic rings. The molecule has 1 saturated carbocycles. The summed E-state index contributed by atoms with van der Waals surface area (Å²) in [5.74, 6) is 1.27. The molecular formula is C12H19N5O. The topological polar surface area (TPSA) is 78.2 Å². The van der Waals surface area contributed by atoms with Crippen LogP contribution in [-0.4, -0.2) is 58.6 Å². The lowest BCUT2D eigenvalue weighted by Gasteiger charge is -2.34. The fourth-order valence-electron chi connectivity index (χ4n) is 2.44. The molecule has 1 aromatic rings. The molecule has 18 heavy (non-hydrogen) atoms. The highest BCUT2D eigenvalue weighted by Gasteiger charge is 2.28. The number of hydrogen-bond donors (Lipinski definition) is 2. The van der Waals surface area contributed by atoms with Crippen LogP contribution >= 0.6 is 0 Å². The van der Waals surface area contributed by atoms with Crippen LogP contribution in [0.2, 0.25) is 0 Å². The van der Waals surface area contributed by atoms with Gasteiger partial charge in [-0.3, -0.25) is 14.8 Å². The molecule has 98 valence electrons. The van der Waals surface area contributed by atoms with E-state index in [0.29, 0.717) is 11.4 Å². The number of piperazine rings is 1. The SMILES string of the molecule is Nc1[nH]ncc1C(=O)N1CCN(CC2CC2)CC1. The van der Waals surface area contributed by atoms with Crippen LogP contribution in [0.15, 0.2) is 6.20 Å². The Labute approximate surface area is 106 Å². The Kier molecular flexibility index (Phi) is 2.95. The summed E-state index contributed by atoms with van der Waals surface area (Å²) in [5.41, 5.74) is 6.16. The van der Waals surface area contributed by atoms with Crippen LogP contribution in [0.25, 0.3) is 0 Å². The second kappa shape index (κ2) is 4.61. The zero-order valence-corrected chi connectivity index (χ0v) is 10.4. The van der Waals surface area contributed by atoms with Crippen molar-refractivity contribution in [3.05, 3.63) is 11.8 Å². The molecule has 1 saturated heterocycles. The lowest BCUT2D eigenvalue weighted by atomic mass is 10.2. The third kappa shape index (κ3) is 2.33. The van der Waals surface area contributed by atoms with E-state index >= 15 is 0 Å². The first-order valence-electron chi connectivity index (χ1n) is 6.54. The third-order valence-electron chi connectivity index (χ3n) is 3.77. The van der Waals surface area contributed by atoms with Crippen molar-refractivity contribution in [2.24, 2.45) is 5.92 Å². The fourth-order valence-corrected chi connectivity index (χ4v) is 2.44. The minimum atomic E-state index is -0.00711. The summed E-state index contributed by atoms with van der Waals surface area (Å²) in [6.45, 7) is 4.72. The molecule has 3 rings (SSSR count). The van der Waals surface area contributed by atoms with Crippen molar-refractivity contribution in [3.63, 3.8) is 0 Å². The first kappa shape index (κ1) is 11.5. The van der Waals surface area contributed by atoms with Gasteiger partial charge in [-0.05, 0) is 18.8 Å². The van der Waals surface area contributed by atoms with Crippen molar-refractivity contribution in [2.45, 2.75) is 12.8 Å². The number of carbonyl (C=O) groups is 1. The van der Waals surface area contributed by atoms with Crippen LogP contribution in [0.3, 0.4) is 0 Å². The van der Waals surface area contributed by atoms with Gasteiger partial charge in [0.15, 0.2) is 0 Å². The van der Waals surface area contributed by atoms with Crippen LogP contribution in [0, 0.1) is 5.92 Å². The Hall–Kier alpha value is -1.56. The quantitative estimate of drug-likeness (QED) is 0.800. The molecule has 0 spiro atoms. The van der Waals surface area contributed by atoms with Crippen LogP contribution in [-0.2, 0) is 0 Å². The van der Waals surface area contributed by atoms with Gasteiger partial charge in [0.05, 0.1) is 6.20 Å². The number of rotatable bonds is 3. The smallest absolute Gasteiger partial charge is 0.259 e. The summed E-state index contributed by atoms with van der Waals surface area (Å²) in [6, 6.07) is 0. The van der Waals surface area contributed by atoms with E-state index in [9.17, 15) is 4.79 Å². The van der Waals surface area contributed by atoms with Gasteiger partial charge in [0, 0.05) is 32.7 Å². The molecule has 1 amide bonds. The molecule has 6 nitrogen and oxygen atoms in total. The molecule has 2 heterocycles. The fraction of sp³-hybridized carbons (Fsp3) is 0.667. The Morgan fingerprint density at radius 2 is 2.11 bits per heavy atom. The number of aromatic amines is 1. The van der Waals surface area contributed by atoms with Gasteiger partial charge in [-0.25, -0.2) is 0 Å². The molecule has 1 aliphatic carbocycles. The summed E-state index contributed by atoms with van der Waals surface area (Å²) in [6.07, 6.45) is 4.27. The summed E-state index contributed by atoms with van der Waals surface area (Å²) in [5, 5.41) is 6.39. The van der Waals surface area contributed by atoms with Gasteiger partial charge in [0.25, 0.3) is 5.91 Å². The van der Waals surface area contributed by atoms with E-state index in [2.05, 4.69) is 15.1 Å². The number of hydrogen-bond acceptors (Lipinski definition) is 4. The van der Waals surface area contributed by atoms with E-state index in [0.717, 1.165) is 32.1 Å². The van der Waals surface area contributed by atoms with Crippen LogP contribution in [0.1, 0.15) is 23.2 Å². The molecule has 0 bridgehead atoms. The molecule has 3 N–H and O–H groups in total. The molecule has 0 radical (unpaired) electrons. The average Bonchev–Trinajstić information content (AvgIpc) is 3.09. The van der Waals surface area contributed by atoms with E-state index in [1.54, 1.807) is 0 Å². The van der Waals surface area contributed by atoms with E-state index in [4.69, 9.17) is 5.73 Å². The summed E-state index contributed by atoms with van der Waals surface area (Å²) >= 11 is 0. The summed E-state index contributed by atoms with van der Waals surface area (Å²) < 4.78 is 0. The van der Waals surface area contributed by atoms with Crippen molar-refractivity contribution >= 4 is 11.7 Å². The van der Waals surface area contributed by atoms with Crippen molar-refractivity contribution in [1.82, 2.24) is 20.0 Å². The second-order valence-corrected chi connectivity index (χ2v) is 5.23. The predicted octanol–water partition coefficient (Wildman–Crippen LogP) is 0.160. The maximum atomic E-state index is 12.2. The highest BCUT2D eigenvalue weighted by molar-refractivity contribution is 5.98. The number of H-pyrrole nitrogens is 1. The predicted molar refractivity (Wildman–Crippen MR) is 68.1 cm³/mol. The standard InChI is InChI=1S/C12H19N5O/c13-11-10(7-14-15-11)12(18)17-5-3-16(4-6-17)8-9-1-2-9/h7,9H,1-6,8H2,(H3,13,14,15). The van der Waals surface area contributed by atoms with E-state index in [-0.39, 0.29) is 5.91 Å². The molecule has 1 aromatic heterocycles. The Balaban J connectivity index is 1.55. The molecule has 6 heteroatoms. The molecule has 2 fully saturated rings. The van der Waals surface area contributed by atoms with Gasteiger partial charge in [-0.2, -0.15) is 5.10 Å². The van der Waals surface area contributed by atoms with Gasteiger partial charge in [-0.1, -0.05) is 0 Å². The van der Waals surface area contributed by atoms with Crippen molar-refractivity contribution < 1.29 is 4.79 Å². The first-order chi connectivity index (χ1) is 8.74. The largest absolute Gasteiger partial charge is 0.383 e. The van der Waals surface area contributed by atoms with E-state index in [1.807, 2.05) is 4.90 Å². The summed E-state index contributed by atoms with van der Waals surface area (Å²) in [7, 11) is 0. The molecule has 0 atom stereocenters. The molecule has 1 aliphatic heterocycles. The maximum absolute atomic E-state index is 12.2. The van der Waals surface area contributed by atoms with Crippen LogP contribution < -0.4 is 5.73 Å². The van der Waals surface area contributed by atoms with Gasteiger partial charge in [0.1, 0.15) is 11.4 Å². The monoisotopic (exact) mass is 249 g/mol. The Morgan fingerprint density at radius 1 is 1.39 bits per heavy atom. The number of carbonyl (C=O) groups excluding carboxylic acids is 1. The van der Waals surface area contributed by atoms with Gasteiger partial charge in [-0.15, -0.1) is 0 Å². The van der Waals surface area contributed by atoms with E-state index < -0.39 is 0 Å². The normalized spacial score (nSPS) is 21.2. The minimum Gasteiger partial charge on any atom is -0.383 e. The Morgan fingerprint density at radius 3 is 2.67 bits per heavy atom. The first-order valence-corrected chi connectivity index (χ1v) is 6.54. The van der Waals surface area contributed by atoms with Crippen molar-refractivity contribution in [2.75, 3.05) is 38.5 Å². The molecular weight excluding hydrogens is 230 g/mol. The highest BCUT2D eigenvalue weighted by Crippen LogP contribution is 2.30. The van der Waals surface area contributed by atoms with E-state index in [1.165, 1.54) is 25.6 Å². The number of nitrogens with one attached hydrogen (secondary N) is 1. The number of nitrogens with two attached hydrogens (primary N) is 1. The van der Waals surface area contributed by atoms with Gasteiger partial charge in [0.2, 0.25) is 0 Å². The van der Waals surface area contributed by atoms with Gasteiger partial charge >= 0.3 is 0 Å². The number of nitrogens with zero attached hydrogens (tertiary/aromatic N) is 3. The zero-order chi connectivity index (χ0) is 12.5. The number of amides is 1. The number of anilines is 1. The van der Waals surface area contributed by atoms with Crippen molar-refractivity contribution in [3.8, 4) is 0 Å². The van der Waals surface area contributed by atoms with Crippen molar-refractivity contribution in [1.29, 1.82) is 0 Å². The van der Waals surface area contributed by atoms with Gasteiger partial charge < -0.3 is 10.6 Å². The Bertz CT molecular complexity index is 431. The molecule has 0 aromatic carbocycles. The highest BCUT2D eigenvalue weighted by atomic mass is 16.2.